The molecule has 0 N–H and O–H groups in total. The number of rotatable bonds is 6. The SMILES string of the molecule is COc1ccc(-c2nnc(/C=C/c3cn(-c4ccccc4)nc3-c3ccccc3)o2)cc1. The van der Waals surface area contributed by atoms with Crippen LogP contribution in [0.3, 0.4) is 0 Å². The Labute approximate surface area is 185 Å². The zero-order valence-corrected chi connectivity index (χ0v) is 17.4. The fraction of sp³-hybridized carbons (Fsp3) is 0.0385. The molecule has 6 nitrogen and oxygen atoms in total. The van der Waals surface area contributed by atoms with Gasteiger partial charge in [0.1, 0.15) is 5.75 Å². The topological polar surface area (TPSA) is 66.0 Å². The molecule has 0 saturated heterocycles. The molecule has 0 radical (unpaired) electrons. The summed E-state index contributed by atoms with van der Waals surface area (Å²) in [7, 11) is 1.63. The fourth-order valence-electron chi connectivity index (χ4n) is 3.36. The van der Waals surface area contributed by atoms with Crippen LogP contribution in [0.2, 0.25) is 0 Å². The van der Waals surface area contributed by atoms with Crippen molar-refractivity contribution in [1.29, 1.82) is 0 Å². The maximum atomic E-state index is 5.82. The van der Waals surface area contributed by atoms with E-state index in [4.69, 9.17) is 14.3 Å². The number of benzene rings is 3. The Morgan fingerprint density at radius 1 is 0.781 bits per heavy atom. The first-order valence-corrected chi connectivity index (χ1v) is 10.2. The number of methoxy groups -OCH3 is 1. The predicted molar refractivity (Wildman–Crippen MR) is 124 cm³/mol. The average Bonchev–Trinajstić information content (AvgIpc) is 3.51. The minimum atomic E-state index is 0.419. The standard InChI is InChI=1S/C26H20N4O2/c1-31-23-15-12-20(13-16-23)26-28-27-24(32-26)17-14-21-18-30(22-10-6-3-7-11-22)29-25(21)19-8-4-2-5-9-19/h2-18H,1H3/b17-14+. The van der Waals surface area contributed by atoms with Crippen LogP contribution >= 0.6 is 0 Å². The molecule has 156 valence electrons. The van der Waals surface area contributed by atoms with E-state index in [1.54, 1.807) is 13.2 Å². The minimum Gasteiger partial charge on any atom is -0.497 e. The predicted octanol–water partition coefficient (Wildman–Crippen LogP) is 5.77. The molecule has 6 heteroatoms. The number of hydrogen-bond acceptors (Lipinski definition) is 5. The minimum absolute atomic E-state index is 0.419. The highest BCUT2D eigenvalue weighted by Gasteiger charge is 2.11. The van der Waals surface area contributed by atoms with Crippen molar-refractivity contribution in [2.45, 2.75) is 0 Å². The second-order valence-corrected chi connectivity index (χ2v) is 7.09. The van der Waals surface area contributed by atoms with Gasteiger partial charge in [0, 0.05) is 29.0 Å². The van der Waals surface area contributed by atoms with Crippen molar-refractivity contribution in [2.24, 2.45) is 0 Å². The van der Waals surface area contributed by atoms with Gasteiger partial charge in [-0.15, -0.1) is 10.2 Å². The number of para-hydroxylation sites is 1. The van der Waals surface area contributed by atoms with Crippen molar-refractivity contribution in [3.05, 3.63) is 103 Å². The maximum Gasteiger partial charge on any atom is 0.248 e. The van der Waals surface area contributed by atoms with Gasteiger partial charge in [-0.25, -0.2) is 4.68 Å². The van der Waals surface area contributed by atoms with Crippen molar-refractivity contribution in [1.82, 2.24) is 20.0 Å². The van der Waals surface area contributed by atoms with Crippen molar-refractivity contribution in [3.8, 4) is 34.1 Å². The van der Waals surface area contributed by atoms with Gasteiger partial charge in [0.25, 0.3) is 0 Å². The van der Waals surface area contributed by atoms with Gasteiger partial charge in [-0.05, 0) is 42.5 Å². The van der Waals surface area contributed by atoms with Crippen LogP contribution in [0.25, 0.3) is 40.6 Å². The normalized spacial score (nSPS) is 11.2. The molecule has 5 aromatic rings. The van der Waals surface area contributed by atoms with Gasteiger partial charge in [0.2, 0.25) is 11.8 Å². The van der Waals surface area contributed by atoms with Crippen molar-refractivity contribution in [3.63, 3.8) is 0 Å². The van der Waals surface area contributed by atoms with E-state index in [-0.39, 0.29) is 0 Å². The lowest BCUT2D eigenvalue weighted by Crippen LogP contribution is -1.93. The first-order chi connectivity index (χ1) is 15.8. The summed E-state index contributed by atoms with van der Waals surface area (Å²) >= 11 is 0. The average molecular weight is 420 g/mol. The number of hydrogen-bond donors (Lipinski definition) is 0. The van der Waals surface area contributed by atoms with Crippen LogP contribution in [0, 0.1) is 0 Å². The molecule has 0 fully saturated rings. The third kappa shape index (κ3) is 4.06. The van der Waals surface area contributed by atoms with Gasteiger partial charge in [-0.1, -0.05) is 48.5 Å². The maximum absolute atomic E-state index is 5.82. The Bertz CT molecular complexity index is 1340. The van der Waals surface area contributed by atoms with E-state index in [1.807, 2.05) is 102 Å². The van der Waals surface area contributed by atoms with Crippen molar-refractivity contribution in [2.75, 3.05) is 7.11 Å². The highest BCUT2D eigenvalue weighted by atomic mass is 16.5. The zero-order valence-electron chi connectivity index (χ0n) is 17.4. The molecule has 0 aliphatic carbocycles. The molecule has 2 heterocycles. The summed E-state index contributed by atoms with van der Waals surface area (Å²) in [5.74, 6) is 1.65. The van der Waals surface area contributed by atoms with Gasteiger partial charge in [-0.2, -0.15) is 5.10 Å². The van der Waals surface area contributed by atoms with Gasteiger partial charge < -0.3 is 9.15 Å². The zero-order chi connectivity index (χ0) is 21.8. The molecule has 2 aromatic heterocycles. The largest absolute Gasteiger partial charge is 0.497 e. The van der Waals surface area contributed by atoms with Gasteiger partial charge >= 0.3 is 0 Å². The van der Waals surface area contributed by atoms with Crippen LogP contribution in [0.1, 0.15) is 11.5 Å². The molecule has 3 aromatic carbocycles. The van der Waals surface area contributed by atoms with Gasteiger partial charge in [0.15, 0.2) is 0 Å². The first-order valence-electron chi connectivity index (χ1n) is 10.2. The molecule has 32 heavy (non-hydrogen) atoms. The summed E-state index contributed by atoms with van der Waals surface area (Å²) in [6.45, 7) is 0. The third-order valence-electron chi connectivity index (χ3n) is 4.99. The van der Waals surface area contributed by atoms with E-state index in [2.05, 4.69) is 10.2 Å². The van der Waals surface area contributed by atoms with E-state index < -0.39 is 0 Å². The van der Waals surface area contributed by atoms with Gasteiger partial charge in [-0.3, -0.25) is 0 Å². The van der Waals surface area contributed by atoms with Crippen molar-refractivity contribution < 1.29 is 9.15 Å². The second kappa shape index (κ2) is 8.73. The Kier molecular flexibility index (Phi) is 5.32. The molecule has 0 bridgehead atoms. The Morgan fingerprint density at radius 3 is 2.22 bits per heavy atom. The summed E-state index contributed by atoms with van der Waals surface area (Å²) < 4.78 is 12.9. The molecular weight excluding hydrogens is 400 g/mol. The Morgan fingerprint density at radius 2 is 1.50 bits per heavy atom. The first kappa shape index (κ1) is 19.5. The van der Waals surface area contributed by atoms with E-state index >= 15 is 0 Å². The van der Waals surface area contributed by atoms with Crippen LogP contribution in [0.5, 0.6) is 5.75 Å². The highest BCUT2D eigenvalue weighted by molar-refractivity contribution is 5.77. The van der Waals surface area contributed by atoms with Crippen LogP contribution in [-0.2, 0) is 0 Å². The van der Waals surface area contributed by atoms with E-state index in [9.17, 15) is 0 Å². The smallest absolute Gasteiger partial charge is 0.248 e. The fourth-order valence-corrected chi connectivity index (χ4v) is 3.36. The molecule has 0 amide bonds. The monoisotopic (exact) mass is 420 g/mol. The van der Waals surface area contributed by atoms with E-state index in [0.717, 1.165) is 33.8 Å². The summed E-state index contributed by atoms with van der Waals surface area (Å²) in [5, 5.41) is 13.1. The molecule has 0 unspecified atom stereocenters. The summed E-state index contributed by atoms with van der Waals surface area (Å²) in [6.07, 6.45) is 5.74. The Balaban J connectivity index is 1.47. The molecule has 0 aliphatic rings. The molecule has 0 atom stereocenters. The van der Waals surface area contributed by atoms with Crippen LogP contribution in [0.4, 0.5) is 0 Å². The quantitative estimate of drug-likeness (QED) is 0.349. The third-order valence-corrected chi connectivity index (χ3v) is 4.99. The molecular formula is C26H20N4O2. The number of nitrogens with zero attached hydrogens (tertiary/aromatic N) is 4. The summed E-state index contributed by atoms with van der Waals surface area (Å²) in [6, 6.07) is 27.6. The molecule has 5 rings (SSSR count). The lowest BCUT2D eigenvalue weighted by molar-refractivity contribution is 0.415. The Hall–Kier alpha value is -4.45. The lowest BCUT2D eigenvalue weighted by Gasteiger charge is -2.00. The summed E-state index contributed by atoms with van der Waals surface area (Å²) in [5.41, 5.74) is 4.68. The summed E-state index contributed by atoms with van der Waals surface area (Å²) in [4.78, 5) is 0. The van der Waals surface area contributed by atoms with Crippen LogP contribution in [-0.4, -0.2) is 27.1 Å². The number of aromatic nitrogens is 4. The molecule has 0 saturated carbocycles. The van der Waals surface area contributed by atoms with Gasteiger partial charge in [0.05, 0.1) is 18.5 Å². The molecule has 0 spiro atoms. The second-order valence-electron chi connectivity index (χ2n) is 7.09. The van der Waals surface area contributed by atoms with E-state index in [1.165, 1.54) is 0 Å². The van der Waals surface area contributed by atoms with E-state index in [0.29, 0.717) is 11.8 Å². The van der Waals surface area contributed by atoms with Crippen LogP contribution in [0.15, 0.2) is 95.5 Å². The van der Waals surface area contributed by atoms with Crippen LogP contribution < -0.4 is 4.74 Å². The lowest BCUT2D eigenvalue weighted by atomic mass is 10.1. The molecule has 0 aliphatic heterocycles. The number of ether oxygens (including phenoxy) is 1. The highest BCUT2D eigenvalue weighted by Crippen LogP contribution is 2.26. The van der Waals surface area contributed by atoms with Crippen molar-refractivity contribution >= 4 is 12.2 Å².